The number of hydrogen-bond acceptors (Lipinski definition) is 4. The average Bonchev–Trinajstić information content (AvgIpc) is 3.37. The van der Waals surface area contributed by atoms with Crippen molar-refractivity contribution in [2.24, 2.45) is 0 Å². The van der Waals surface area contributed by atoms with Crippen molar-refractivity contribution in [2.45, 2.75) is 78.6 Å². The monoisotopic (exact) mass is 647 g/mol. The number of hydrogen-bond donors (Lipinski definition) is 1. The largest absolute Gasteiger partial charge is 0.506 e. The first-order valence-electron chi connectivity index (χ1n) is 17.1. The molecule has 3 aromatic heterocycles. The molecule has 0 fully saturated rings. The fourth-order valence-electron chi connectivity index (χ4n) is 6.98. The first kappa shape index (κ1) is 32.4. The van der Waals surface area contributed by atoms with Crippen LogP contribution in [0, 0.1) is 0 Å². The Kier molecular flexibility index (Phi) is 7.59. The summed E-state index contributed by atoms with van der Waals surface area (Å²) in [4.78, 5) is 9.92. The molecule has 3 heterocycles. The maximum atomic E-state index is 10.8. The Balaban J connectivity index is 1.52. The number of rotatable bonds is 4. The van der Waals surface area contributed by atoms with Crippen LogP contribution in [0.2, 0.25) is 0 Å². The van der Waals surface area contributed by atoms with E-state index in [9.17, 15) is 5.11 Å². The van der Waals surface area contributed by atoms with Crippen LogP contribution in [0.1, 0.15) is 79.0 Å². The Labute approximate surface area is 289 Å². The molecule has 7 aromatic rings. The zero-order chi connectivity index (χ0) is 34.9. The number of phenols is 1. The molecule has 248 valence electrons. The lowest BCUT2D eigenvalue weighted by atomic mass is 9.82. The molecule has 0 atom stereocenters. The molecule has 49 heavy (non-hydrogen) atoms. The highest BCUT2D eigenvalue weighted by Gasteiger charge is 2.28. The first-order valence-corrected chi connectivity index (χ1v) is 17.1. The minimum atomic E-state index is -0.204. The molecule has 0 radical (unpaired) electrons. The van der Waals surface area contributed by atoms with Crippen LogP contribution in [0.3, 0.4) is 0 Å². The number of fused-ring (bicyclic) bond motifs is 4. The Morgan fingerprint density at radius 2 is 1.29 bits per heavy atom. The van der Waals surface area contributed by atoms with Gasteiger partial charge in [0.15, 0.2) is 0 Å². The van der Waals surface area contributed by atoms with E-state index >= 15 is 0 Å². The highest BCUT2D eigenvalue weighted by molar-refractivity contribution is 6.12. The number of aromatic hydroxyl groups is 1. The van der Waals surface area contributed by atoms with Crippen molar-refractivity contribution in [1.82, 2.24) is 14.5 Å². The van der Waals surface area contributed by atoms with Gasteiger partial charge in [0.2, 0.25) is 5.88 Å². The highest BCUT2D eigenvalue weighted by Crippen LogP contribution is 2.45. The van der Waals surface area contributed by atoms with Crippen LogP contribution in [0.5, 0.6) is 17.4 Å². The van der Waals surface area contributed by atoms with Crippen LogP contribution in [0.15, 0.2) is 103 Å². The molecule has 5 heteroatoms. The summed E-state index contributed by atoms with van der Waals surface area (Å²) in [5, 5.41) is 14.1. The van der Waals surface area contributed by atoms with Crippen molar-refractivity contribution in [2.75, 3.05) is 0 Å². The van der Waals surface area contributed by atoms with E-state index < -0.39 is 0 Å². The number of ether oxygens (including phenoxy) is 1. The lowest BCUT2D eigenvalue weighted by Gasteiger charge is -2.23. The topological polar surface area (TPSA) is 60.2 Å². The second kappa shape index (κ2) is 11.5. The molecule has 0 saturated carbocycles. The van der Waals surface area contributed by atoms with E-state index in [1.54, 1.807) is 6.07 Å². The third-order valence-electron chi connectivity index (χ3n) is 9.39. The molecule has 4 aromatic carbocycles. The number of phenolic OH excluding ortho intramolecular Hbond substituents is 1. The fourth-order valence-corrected chi connectivity index (χ4v) is 6.98. The molecule has 5 nitrogen and oxygen atoms in total. The van der Waals surface area contributed by atoms with Crippen LogP contribution in [-0.2, 0) is 16.2 Å². The van der Waals surface area contributed by atoms with Crippen LogP contribution in [0.25, 0.3) is 49.7 Å². The van der Waals surface area contributed by atoms with Crippen molar-refractivity contribution in [3.05, 3.63) is 120 Å². The highest BCUT2D eigenvalue weighted by atomic mass is 16.5. The zero-order valence-corrected chi connectivity index (χ0v) is 30.0. The van der Waals surface area contributed by atoms with Crippen LogP contribution >= 0.6 is 0 Å². The number of pyridine rings is 2. The maximum Gasteiger partial charge on any atom is 0.220 e. The van der Waals surface area contributed by atoms with E-state index in [2.05, 4.69) is 134 Å². The van der Waals surface area contributed by atoms with Crippen LogP contribution in [-0.4, -0.2) is 19.6 Å². The SMILES string of the molecule is CC(C)(C)c1cc(Oc2cc(C(C)(C)C)c3c4cccc(C(C)(C)C)c4n(-c4ccc(-c5ccccc5)cn4)c3c2)nc2c(O)cccc12. The average molecular weight is 648 g/mol. The molecule has 0 amide bonds. The van der Waals surface area contributed by atoms with Gasteiger partial charge in [-0.05, 0) is 62.8 Å². The summed E-state index contributed by atoms with van der Waals surface area (Å²) < 4.78 is 9.03. The van der Waals surface area contributed by atoms with Crippen LogP contribution in [0.4, 0.5) is 0 Å². The van der Waals surface area contributed by atoms with Gasteiger partial charge in [-0.2, -0.15) is 0 Å². The van der Waals surface area contributed by atoms with E-state index in [1.807, 2.05) is 30.5 Å². The van der Waals surface area contributed by atoms with Crippen LogP contribution < -0.4 is 4.74 Å². The predicted octanol–water partition coefficient (Wildman–Crippen LogP) is 11.8. The molecule has 0 bridgehead atoms. The van der Waals surface area contributed by atoms with Gasteiger partial charge in [0.25, 0.3) is 0 Å². The van der Waals surface area contributed by atoms with Gasteiger partial charge in [-0.15, -0.1) is 0 Å². The normalized spacial score (nSPS) is 12.7. The fraction of sp³-hybridized carbons (Fsp3) is 0.273. The molecular weight excluding hydrogens is 603 g/mol. The summed E-state index contributed by atoms with van der Waals surface area (Å²) in [6.45, 7) is 20.0. The van der Waals surface area contributed by atoms with Crippen molar-refractivity contribution in [1.29, 1.82) is 0 Å². The third kappa shape index (κ3) is 5.82. The standard InChI is InChI=1S/C44H45N3O2/c1-42(2,3)32-19-13-18-31-39-34(44(7,8)9)23-29(49-38-25-33(43(4,5)6)30-17-14-20-36(48)40(30)46-38)24-35(39)47(41(31)32)37-22-21-28(26-45-37)27-15-11-10-12-16-27/h10-26,48H,1-9H3. The quantitative estimate of drug-likeness (QED) is 0.206. The van der Waals surface area contributed by atoms with E-state index in [0.717, 1.165) is 38.9 Å². The smallest absolute Gasteiger partial charge is 0.220 e. The van der Waals surface area contributed by atoms with Gasteiger partial charge in [-0.25, -0.2) is 9.97 Å². The second-order valence-electron chi connectivity index (χ2n) is 16.2. The van der Waals surface area contributed by atoms with E-state index in [1.165, 1.54) is 21.9 Å². The second-order valence-corrected chi connectivity index (χ2v) is 16.2. The van der Waals surface area contributed by atoms with Gasteiger partial charge in [-0.1, -0.05) is 123 Å². The van der Waals surface area contributed by atoms with Crippen molar-refractivity contribution in [3.8, 4) is 34.3 Å². The number of aromatic nitrogens is 3. The van der Waals surface area contributed by atoms with E-state index in [4.69, 9.17) is 14.7 Å². The van der Waals surface area contributed by atoms with Gasteiger partial charge >= 0.3 is 0 Å². The molecule has 1 N–H and O–H groups in total. The molecule has 0 saturated heterocycles. The molecule has 0 aliphatic heterocycles. The van der Waals surface area contributed by atoms with Crippen molar-refractivity contribution < 1.29 is 9.84 Å². The summed E-state index contributed by atoms with van der Waals surface area (Å²) in [7, 11) is 0. The zero-order valence-electron chi connectivity index (χ0n) is 30.0. The Morgan fingerprint density at radius 3 is 1.94 bits per heavy atom. The van der Waals surface area contributed by atoms with Gasteiger partial charge in [-0.3, -0.25) is 4.57 Å². The van der Waals surface area contributed by atoms with Crippen molar-refractivity contribution >= 4 is 32.7 Å². The Morgan fingerprint density at radius 1 is 0.612 bits per heavy atom. The number of nitrogens with zero attached hydrogens (tertiary/aromatic N) is 3. The van der Waals surface area contributed by atoms with Gasteiger partial charge in [0.1, 0.15) is 22.8 Å². The molecule has 0 aliphatic carbocycles. The first-order chi connectivity index (χ1) is 23.1. The summed E-state index contributed by atoms with van der Waals surface area (Å²) >= 11 is 0. The Bertz CT molecular complexity index is 2350. The molecule has 0 unspecified atom stereocenters. The molecular formula is C44H45N3O2. The van der Waals surface area contributed by atoms with E-state index in [0.29, 0.717) is 17.1 Å². The summed E-state index contributed by atoms with van der Waals surface area (Å²) in [5.41, 5.74) is 7.89. The summed E-state index contributed by atoms with van der Waals surface area (Å²) in [6, 6.07) is 33.1. The van der Waals surface area contributed by atoms with Gasteiger partial charge in [0, 0.05) is 40.1 Å². The lowest BCUT2D eigenvalue weighted by Crippen LogP contribution is -2.13. The molecule has 7 rings (SSSR count). The van der Waals surface area contributed by atoms with Gasteiger partial charge in [0.05, 0.1) is 11.0 Å². The minimum Gasteiger partial charge on any atom is -0.506 e. The molecule has 0 aliphatic rings. The minimum absolute atomic E-state index is 0.114. The summed E-state index contributed by atoms with van der Waals surface area (Å²) in [6.07, 6.45) is 1.96. The lowest BCUT2D eigenvalue weighted by molar-refractivity contribution is 0.455. The number of benzene rings is 4. The van der Waals surface area contributed by atoms with Gasteiger partial charge < -0.3 is 9.84 Å². The maximum absolute atomic E-state index is 10.8. The summed E-state index contributed by atoms with van der Waals surface area (Å²) in [5.74, 6) is 2.11. The number of para-hydroxylation sites is 2. The van der Waals surface area contributed by atoms with E-state index in [-0.39, 0.29) is 22.0 Å². The molecule has 0 spiro atoms. The predicted molar refractivity (Wildman–Crippen MR) is 204 cm³/mol. The van der Waals surface area contributed by atoms with Crippen molar-refractivity contribution in [3.63, 3.8) is 0 Å². The Hall–Kier alpha value is -5.16. The third-order valence-corrected chi connectivity index (χ3v) is 9.39.